The molecule has 7 nitrogen and oxygen atoms in total. The molecular formula is C24H21NO6. The molecule has 0 bridgehead atoms. The number of benzene rings is 2. The minimum absolute atomic E-state index is 0.0232. The Morgan fingerprint density at radius 2 is 1.87 bits per heavy atom. The van der Waals surface area contributed by atoms with Crippen LogP contribution in [0.1, 0.15) is 27.7 Å². The average Bonchev–Trinajstić information content (AvgIpc) is 3.41. The molecule has 0 saturated carbocycles. The fourth-order valence-corrected chi connectivity index (χ4v) is 3.76. The van der Waals surface area contributed by atoms with E-state index in [1.54, 1.807) is 18.2 Å². The topological polar surface area (TPSA) is 100 Å². The maximum atomic E-state index is 13.1. The van der Waals surface area contributed by atoms with E-state index in [9.17, 15) is 19.8 Å². The summed E-state index contributed by atoms with van der Waals surface area (Å²) >= 11 is 0. The Hall–Kier alpha value is -4.00. The van der Waals surface area contributed by atoms with Crippen LogP contribution < -0.4 is 4.74 Å². The van der Waals surface area contributed by atoms with Gasteiger partial charge in [0.15, 0.2) is 23.0 Å². The number of carbonyl (C=O) groups excluding carboxylic acids is 2. The van der Waals surface area contributed by atoms with Crippen LogP contribution in [0.4, 0.5) is 0 Å². The molecule has 3 aromatic rings. The number of phenolic OH excluding ortho intramolecular Hbond substituents is 1. The summed E-state index contributed by atoms with van der Waals surface area (Å²) in [5, 5.41) is 20.6. The first kappa shape index (κ1) is 20.3. The zero-order valence-corrected chi connectivity index (χ0v) is 16.8. The molecule has 0 unspecified atom stereocenters. The summed E-state index contributed by atoms with van der Waals surface area (Å²) in [6.45, 7) is 0.274. The van der Waals surface area contributed by atoms with Crippen molar-refractivity contribution in [3.05, 3.63) is 95.1 Å². The van der Waals surface area contributed by atoms with Gasteiger partial charge in [-0.05, 0) is 41.8 Å². The van der Waals surface area contributed by atoms with Gasteiger partial charge in [0.25, 0.3) is 5.91 Å². The van der Waals surface area contributed by atoms with Crippen molar-refractivity contribution in [3.8, 4) is 11.5 Å². The Bertz CT molecular complexity index is 1130. The van der Waals surface area contributed by atoms with Crippen molar-refractivity contribution in [2.24, 2.45) is 0 Å². The summed E-state index contributed by atoms with van der Waals surface area (Å²) < 4.78 is 10.4. The lowest BCUT2D eigenvalue weighted by atomic mass is 9.94. The maximum absolute atomic E-state index is 13.1. The first-order valence-electron chi connectivity index (χ1n) is 9.74. The predicted octanol–water partition coefficient (Wildman–Crippen LogP) is 3.81. The molecule has 0 aliphatic carbocycles. The summed E-state index contributed by atoms with van der Waals surface area (Å²) in [5.41, 5.74) is 1.47. The third kappa shape index (κ3) is 3.77. The molecule has 2 N–H and O–H groups in total. The quantitative estimate of drug-likeness (QED) is 0.565. The Labute approximate surface area is 178 Å². The molecule has 1 aliphatic rings. The van der Waals surface area contributed by atoms with Crippen LogP contribution in [-0.4, -0.2) is 40.5 Å². The van der Waals surface area contributed by atoms with Crippen LogP contribution in [0.3, 0.4) is 0 Å². The number of furan rings is 1. The third-order valence-corrected chi connectivity index (χ3v) is 5.30. The smallest absolute Gasteiger partial charge is 0.290 e. The van der Waals surface area contributed by atoms with Crippen molar-refractivity contribution in [1.82, 2.24) is 4.90 Å². The van der Waals surface area contributed by atoms with E-state index in [-0.39, 0.29) is 29.4 Å². The summed E-state index contributed by atoms with van der Waals surface area (Å²) in [4.78, 5) is 27.5. The molecule has 0 saturated heterocycles. The fourth-order valence-electron chi connectivity index (χ4n) is 3.76. The van der Waals surface area contributed by atoms with Crippen molar-refractivity contribution in [1.29, 1.82) is 0 Å². The number of aliphatic hydroxyl groups is 1. The molecule has 7 heteroatoms. The summed E-state index contributed by atoms with van der Waals surface area (Å²) in [5.74, 6) is -1.66. The second-order valence-electron chi connectivity index (χ2n) is 7.14. The number of aromatic hydroxyl groups is 1. The first-order chi connectivity index (χ1) is 15.0. The van der Waals surface area contributed by atoms with Gasteiger partial charge in [-0.2, -0.15) is 0 Å². The highest BCUT2D eigenvalue weighted by molar-refractivity contribution is 6.15. The van der Waals surface area contributed by atoms with Gasteiger partial charge in [-0.1, -0.05) is 36.4 Å². The van der Waals surface area contributed by atoms with Gasteiger partial charge in [0.2, 0.25) is 5.78 Å². The number of hydrogen-bond acceptors (Lipinski definition) is 6. The number of carbonyl (C=O) groups is 2. The fraction of sp³-hybridized carbons (Fsp3) is 0.167. The monoisotopic (exact) mass is 419 g/mol. The molecule has 2 heterocycles. The number of nitrogens with zero attached hydrogens (tertiary/aromatic N) is 1. The summed E-state index contributed by atoms with van der Waals surface area (Å²) in [7, 11) is 1.41. The average molecular weight is 419 g/mol. The van der Waals surface area contributed by atoms with E-state index in [0.29, 0.717) is 12.0 Å². The lowest BCUT2D eigenvalue weighted by molar-refractivity contribution is -0.129. The number of Topliss-reactive ketones (excluding diaryl/α,β-unsaturated/α-hetero) is 1. The lowest BCUT2D eigenvalue weighted by Gasteiger charge is -2.27. The van der Waals surface area contributed by atoms with E-state index in [2.05, 4.69) is 0 Å². The number of ketones is 1. The van der Waals surface area contributed by atoms with Gasteiger partial charge >= 0.3 is 0 Å². The summed E-state index contributed by atoms with van der Waals surface area (Å²) in [6.07, 6.45) is 1.89. The highest BCUT2D eigenvalue weighted by atomic mass is 16.5. The van der Waals surface area contributed by atoms with Crippen LogP contribution in [0.25, 0.3) is 0 Å². The van der Waals surface area contributed by atoms with Crippen LogP contribution in [-0.2, 0) is 11.2 Å². The van der Waals surface area contributed by atoms with E-state index in [4.69, 9.17) is 9.15 Å². The number of phenols is 1. The van der Waals surface area contributed by atoms with Gasteiger partial charge in [0.1, 0.15) is 0 Å². The van der Waals surface area contributed by atoms with Gasteiger partial charge in [0, 0.05) is 6.54 Å². The zero-order valence-electron chi connectivity index (χ0n) is 16.8. The van der Waals surface area contributed by atoms with Crippen molar-refractivity contribution < 1.29 is 29.0 Å². The number of ether oxygens (including phenoxy) is 1. The summed E-state index contributed by atoms with van der Waals surface area (Å²) in [6, 6.07) is 16.4. The number of amides is 1. The van der Waals surface area contributed by atoms with Crippen LogP contribution in [0.15, 0.2) is 82.7 Å². The van der Waals surface area contributed by atoms with Gasteiger partial charge < -0.3 is 24.3 Å². The molecule has 4 rings (SSSR count). The molecule has 31 heavy (non-hydrogen) atoms. The highest BCUT2D eigenvalue weighted by Gasteiger charge is 2.44. The molecule has 2 aromatic carbocycles. The second kappa shape index (κ2) is 8.39. The third-order valence-electron chi connectivity index (χ3n) is 5.30. The van der Waals surface area contributed by atoms with Gasteiger partial charge in [-0.25, -0.2) is 0 Å². The number of methoxy groups -OCH3 is 1. The van der Waals surface area contributed by atoms with E-state index in [1.807, 2.05) is 30.3 Å². The SMILES string of the molecule is COc1cc([C@@H]2C(C(=O)c3ccco3)=C(O)C(=O)N2CCc2ccccc2)ccc1O. The normalized spacial score (nSPS) is 16.1. The van der Waals surface area contributed by atoms with Crippen LogP contribution >= 0.6 is 0 Å². The highest BCUT2D eigenvalue weighted by Crippen LogP contribution is 2.41. The van der Waals surface area contributed by atoms with E-state index in [1.165, 1.54) is 30.4 Å². The van der Waals surface area contributed by atoms with Gasteiger partial charge in [0.05, 0.1) is 25.0 Å². The Balaban J connectivity index is 1.75. The Kier molecular flexibility index (Phi) is 5.49. The van der Waals surface area contributed by atoms with Crippen molar-refractivity contribution in [2.75, 3.05) is 13.7 Å². The number of rotatable bonds is 7. The lowest BCUT2D eigenvalue weighted by Crippen LogP contribution is -2.33. The minimum Gasteiger partial charge on any atom is -0.504 e. The van der Waals surface area contributed by atoms with E-state index in [0.717, 1.165) is 5.56 Å². The van der Waals surface area contributed by atoms with E-state index < -0.39 is 23.5 Å². The van der Waals surface area contributed by atoms with Gasteiger partial charge in [-0.3, -0.25) is 9.59 Å². The predicted molar refractivity (Wildman–Crippen MR) is 112 cm³/mol. The van der Waals surface area contributed by atoms with E-state index >= 15 is 0 Å². The van der Waals surface area contributed by atoms with Crippen molar-refractivity contribution in [3.63, 3.8) is 0 Å². The minimum atomic E-state index is -0.858. The molecule has 1 aliphatic heterocycles. The molecule has 1 amide bonds. The first-order valence-corrected chi connectivity index (χ1v) is 9.74. The maximum Gasteiger partial charge on any atom is 0.290 e. The molecule has 0 fully saturated rings. The molecule has 1 aromatic heterocycles. The largest absolute Gasteiger partial charge is 0.504 e. The molecular weight excluding hydrogens is 398 g/mol. The standard InChI is InChI=1S/C24H21NO6/c1-30-19-14-16(9-10-17(19)26)21-20(22(27)18-8-5-13-31-18)23(28)24(29)25(21)12-11-15-6-3-2-4-7-15/h2-10,13-14,21,26,28H,11-12H2,1H3/t21-/m1/s1. The molecule has 158 valence electrons. The number of hydrogen-bond donors (Lipinski definition) is 2. The van der Waals surface area contributed by atoms with Crippen molar-refractivity contribution >= 4 is 11.7 Å². The van der Waals surface area contributed by atoms with Crippen LogP contribution in [0.5, 0.6) is 11.5 Å². The number of aliphatic hydroxyl groups excluding tert-OH is 1. The molecule has 0 radical (unpaired) electrons. The Morgan fingerprint density at radius 1 is 1.10 bits per heavy atom. The molecule has 0 spiro atoms. The van der Waals surface area contributed by atoms with Crippen LogP contribution in [0, 0.1) is 0 Å². The Morgan fingerprint density at radius 3 is 2.55 bits per heavy atom. The van der Waals surface area contributed by atoms with Gasteiger partial charge in [-0.15, -0.1) is 0 Å². The molecule has 1 atom stereocenters. The second-order valence-corrected chi connectivity index (χ2v) is 7.14. The van der Waals surface area contributed by atoms with Crippen molar-refractivity contribution in [2.45, 2.75) is 12.5 Å². The van der Waals surface area contributed by atoms with Crippen LogP contribution in [0.2, 0.25) is 0 Å². The zero-order chi connectivity index (χ0) is 22.0.